The quantitative estimate of drug-likeness (QED) is 0.677. The number of aromatic nitrogens is 2. The Labute approximate surface area is 118 Å². The lowest BCUT2D eigenvalue weighted by molar-refractivity contribution is 0.644. The molecule has 1 aromatic heterocycles. The highest BCUT2D eigenvalue weighted by atomic mass is 14.9. The minimum absolute atomic E-state index is 0.949. The van der Waals surface area contributed by atoms with Crippen molar-refractivity contribution in [3.05, 3.63) is 72.1 Å². The summed E-state index contributed by atoms with van der Waals surface area (Å²) >= 11 is 0. The average molecular weight is 263 g/mol. The lowest BCUT2D eigenvalue weighted by Crippen LogP contribution is -2.23. The van der Waals surface area contributed by atoms with Gasteiger partial charge in [0.15, 0.2) is 0 Å². The Morgan fingerprint density at radius 3 is 2.00 bits per heavy atom. The summed E-state index contributed by atoms with van der Waals surface area (Å²) in [5.41, 5.74) is 4.88. The fourth-order valence-electron chi connectivity index (χ4n) is 2.33. The molecule has 0 atom stereocenters. The predicted octanol–water partition coefficient (Wildman–Crippen LogP) is 2.96. The zero-order chi connectivity index (χ0) is 13.6. The summed E-state index contributed by atoms with van der Waals surface area (Å²) in [6, 6.07) is 16.4. The van der Waals surface area contributed by atoms with Gasteiger partial charge in [-0.15, -0.1) is 0 Å². The van der Waals surface area contributed by atoms with Gasteiger partial charge in [-0.2, -0.15) is 0 Å². The van der Waals surface area contributed by atoms with Crippen molar-refractivity contribution in [1.29, 1.82) is 0 Å². The van der Waals surface area contributed by atoms with Gasteiger partial charge in [-0.1, -0.05) is 36.4 Å². The van der Waals surface area contributed by atoms with Gasteiger partial charge >= 0.3 is 0 Å². The number of nitrogens with one attached hydrogen (secondary N) is 1. The van der Waals surface area contributed by atoms with E-state index in [-0.39, 0.29) is 0 Å². The monoisotopic (exact) mass is 263 g/mol. The van der Waals surface area contributed by atoms with Gasteiger partial charge in [0.2, 0.25) is 0 Å². The molecule has 0 spiro atoms. The average Bonchev–Trinajstić information content (AvgIpc) is 2.56. The maximum Gasteiger partial charge on any atom is 0.0886 e. The van der Waals surface area contributed by atoms with E-state index in [1.54, 1.807) is 12.4 Å². The Morgan fingerprint density at radius 2 is 1.35 bits per heavy atom. The summed E-state index contributed by atoms with van der Waals surface area (Å²) in [5, 5.41) is 3.34. The van der Waals surface area contributed by atoms with Crippen LogP contribution in [0.25, 0.3) is 11.0 Å². The SMILES string of the molecule is c1ccc2c(c1)CCNC2.c1ccc2nccnc2c1. The van der Waals surface area contributed by atoms with Crippen LogP contribution in [-0.2, 0) is 13.0 Å². The molecule has 0 saturated carbocycles. The molecule has 3 heteroatoms. The summed E-state index contributed by atoms with van der Waals surface area (Å²) in [7, 11) is 0. The molecule has 0 fully saturated rings. The van der Waals surface area contributed by atoms with Crippen LogP contribution in [0.3, 0.4) is 0 Å². The Morgan fingerprint density at radius 1 is 0.750 bits per heavy atom. The molecule has 20 heavy (non-hydrogen) atoms. The third kappa shape index (κ3) is 3.00. The van der Waals surface area contributed by atoms with Gasteiger partial charge in [-0.3, -0.25) is 9.97 Å². The zero-order valence-electron chi connectivity index (χ0n) is 11.3. The predicted molar refractivity (Wildman–Crippen MR) is 81.4 cm³/mol. The van der Waals surface area contributed by atoms with Crippen LogP contribution in [0.4, 0.5) is 0 Å². The van der Waals surface area contributed by atoms with E-state index in [1.807, 2.05) is 24.3 Å². The molecule has 0 bridgehead atoms. The first-order valence-electron chi connectivity index (χ1n) is 6.87. The molecule has 1 aliphatic rings. The van der Waals surface area contributed by atoms with Gasteiger partial charge in [0.05, 0.1) is 11.0 Å². The maximum absolute atomic E-state index is 4.12. The summed E-state index contributed by atoms with van der Waals surface area (Å²) < 4.78 is 0. The first-order valence-corrected chi connectivity index (χ1v) is 6.87. The Kier molecular flexibility index (Phi) is 3.99. The summed E-state index contributed by atoms with van der Waals surface area (Å²) in [4.78, 5) is 8.24. The van der Waals surface area contributed by atoms with E-state index in [2.05, 4.69) is 39.6 Å². The number of para-hydroxylation sites is 2. The smallest absolute Gasteiger partial charge is 0.0886 e. The lowest BCUT2D eigenvalue weighted by atomic mass is 10.0. The Balaban J connectivity index is 0.000000121. The van der Waals surface area contributed by atoms with Crippen LogP contribution in [0.5, 0.6) is 0 Å². The molecule has 0 unspecified atom stereocenters. The largest absolute Gasteiger partial charge is 0.312 e. The molecule has 0 aliphatic carbocycles. The third-order valence-electron chi connectivity index (χ3n) is 3.38. The molecule has 0 amide bonds. The number of rotatable bonds is 0. The Hall–Kier alpha value is -2.26. The van der Waals surface area contributed by atoms with Crippen molar-refractivity contribution in [1.82, 2.24) is 15.3 Å². The number of hydrogen-bond donors (Lipinski definition) is 1. The second-order valence-electron chi connectivity index (χ2n) is 4.74. The second kappa shape index (κ2) is 6.26. The minimum Gasteiger partial charge on any atom is -0.312 e. The molecule has 3 aromatic rings. The fourth-order valence-corrected chi connectivity index (χ4v) is 2.33. The molecule has 2 aromatic carbocycles. The summed E-state index contributed by atoms with van der Waals surface area (Å²) in [5.74, 6) is 0. The highest BCUT2D eigenvalue weighted by molar-refractivity contribution is 5.72. The number of fused-ring (bicyclic) bond motifs is 2. The molecular formula is C17H17N3. The molecular weight excluding hydrogens is 246 g/mol. The van der Waals surface area contributed by atoms with E-state index in [0.29, 0.717) is 0 Å². The maximum atomic E-state index is 4.12. The number of nitrogens with zero attached hydrogens (tertiary/aromatic N) is 2. The zero-order valence-corrected chi connectivity index (χ0v) is 11.3. The number of benzene rings is 2. The van der Waals surface area contributed by atoms with Crippen LogP contribution in [0.1, 0.15) is 11.1 Å². The standard InChI is InChI=1S/C9H11N.C8H6N2/c1-2-4-9-7-10-6-5-8(9)3-1;1-2-4-8-7(3-1)9-5-6-10-8/h1-4,10H,5-7H2;1-6H. The highest BCUT2D eigenvalue weighted by Gasteiger charge is 2.05. The van der Waals surface area contributed by atoms with Gasteiger partial charge in [-0.05, 0) is 36.2 Å². The number of hydrogen-bond acceptors (Lipinski definition) is 3. The van der Waals surface area contributed by atoms with Gasteiger partial charge < -0.3 is 5.32 Å². The van der Waals surface area contributed by atoms with Gasteiger partial charge in [-0.25, -0.2) is 0 Å². The summed E-state index contributed by atoms with van der Waals surface area (Å²) in [6.07, 6.45) is 4.58. The highest BCUT2D eigenvalue weighted by Crippen LogP contribution is 2.11. The second-order valence-corrected chi connectivity index (χ2v) is 4.74. The van der Waals surface area contributed by atoms with E-state index in [0.717, 1.165) is 24.1 Å². The minimum atomic E-state index is 0.949. The van der Waals surface area contributed by atoms with Gasteiger partial charge in [0, 0.05) is 18.9 Å². The first-order chi connectivity index (χ1) is 9.93. The van der Waals surface area contributed by atoms with Crippen molar-refractivity contribution in [2.45, 2.75) is 13.0 Å². The molecule has 1 aliphatic heterocycles. The first kappa shape index (κ1) is 12.8. The van der Waals surface area contributed by atoms with E-state index >= 15 is 0 Å². The summed E-state index contributed by atoms with van der Waals surface area (Å²) in [6.45, 7) is 2.19. The molecule has 2 heterocycles. The van der Waals surface area contributed by atoms with Crippen molar-refractivity contribution < 1.29 is 0 Å². The van der Waals surface area contributed by atoms with Crippen LogP contribution in [0.2, 0.25) is 0 Å². The van der Waals surface area contributed by atoms with Gasteiger partial charge in [0.25, 0.3) is 0 Å². The lowest BCUT2D eigenvalue weighted by Gasteiger charge is -2.15. The fraction of sp³-hybridized carbons (Fsp3) is 0.176. The van der Waals surface area contributed by atoms with E-state index in [4.69, 9.17) is 0 Å². The van der Waals surface area contributed by atoms with Crippen molar-refractivity contribution in [3.8, 4) is 0 Å². The molecule has 3 nitrogen and oxygen atoms in total. The topological polar surface area (TPSA) is 37.8 Å². The normalized spacial score (nSPS) is 13.2. The van der Waals surface area contributed by atoms with Crippen LogP contribution in [0, 0.1) is 0 Å². The third-order valence-corrected chi connectivity index (χ3v) is 3.38. The van der Waals surface area contributed by atoms with Crippen LogP contribution in [0.15, 0.2) is 60.9 Å². The van der Waals surface area contributed by atoms with E-state index < -0.39 is 0 Å². The van der Waals surface area contributed by atoms with Crippen LogP contribution in [-0.4, -0.2) is 16.5 Å². The molecule has 4 rings (SSSR count). The molecule has 0 radical (unpaired) electrons. The van der Waals surface area contributed by atoms with Crippen LogP contribution >= 0.6 is 0 Å². The van der Waals surface area contributed by atoms with Crippen molar-refractivity contribution >= 4 is 11.0 Å². The van der Waals surface area contributed by atoms with Crippen LogP contribution < -0.4 is 5.32 Å². The van der Waals surface area contributed by atoms with E-state index in [1.165, 1.54) is 17.5 Å². The van der Waals surface area contributed by atoms with E-state index in [9.17, 15) is 0 Å². The molecule has 1 N–H and O–H groups in total. The molecule has 100 valence electrons. The van der Waals surface area contributed by atoms with Crippen molar-refractivity contribution in [2.24, 2.45) is 0 Å². The molecule has 0 saturated heterocycles. The Bertz CT molecular complexity index is 604. The van der Waals surface area contributed by atoms with Crippen molar-refractivity contribution in [2.75, 3.05) is 6.54 Å². The van der Waals surface area contributed by atoms with Crippen molar-refractivity contribution in [3.63, 3.8) is 0 Å². The van der Waals surface area contributed by atoms with Gasteiger partial charge in [0.1, 0.15) is 0 Å².